The number of carbonyl (C=O) groups excluding carboxylic acids is 5. The Bertz CT molecular complexity index is 822. The van der Waals surface area contributed by atoms with Crippen molar-refractivity contribution in [2.75, 3.05) is 19.6 Å². The monoisotopic (exact) mass is 559 g/mol. The maximum absolute atomic E-state index is 12.9. The number of ether oxygens (including phenoxy) is 2. The van der Waals surface area contributed by atoms with Gasteiger partial charge in [0.1, 0.15) is 23.3 Å². The van der Waals surface area contributed by atoms with Crippen molar-refractivity contribution in [2.24, 2.45) is 0 Å². The molecule has 0 aliphatic heterocycles. The van der Waals surface area contributed by atoms with E-state index in [1.54, 1.807) is 41.5 Å². The van der Waals surface area contributed by atoms with E-state index >= 15 is 0 Å². The number of aliphatic carboxylic acids is 1. The predicted molar refractivity (Wildman–Crippen MR) is 142 cm³/mol. The molecule has 2 unspecified atom stereocenters. The van der Waals surface area contributed by atoms with E-state index in [1.807, 2.05) is 0 Å². The van der Waals surface area contributed by atoms with Gasteiger partial charge in [-0.05, 0) is 80.1 Å². The van der Waals surface area contributed by atoms with Crippen LogP contribution in [0.4, 0.5) is 9.59 Å². The Morgan fingerprint density at radius 3 is 1.62 bits per heavy atom. The van der Waals surface area contributed by atoms with Crippen molar-refractivity contribution in [1.82, 2.24) is 26.6 Å². The van der Waals surface area contributed by atoms with Crippen molar-refractivity contribution in [3.63, 3.8) is 0 Å². The maximum Gasteiger partial charge on any atom is 0.407 e. The lowest BCUT2D eigenvalue weighted by Crippen LogP contribution is -2.52. The fraction of sp³-hybridized carbons (Fsp3) is 0.760. The van der Waals surface area contributed by atoms with Gasteiger partial charge in [-0.3, -0.25) is 14.4 Å². The Hall–Kier alpha value is -3.58. The second-order valence-corrected chi connectivity index (χ2v) is 10.9. The molecule has 224 valence electrons. The van der Waals surface area contributed by atoms with Gasteiger partial charge in [0.15, 0.2) is 0 Å². The largest absolute Gasteiger partial charge is 0.480 e. The highest BCUT2D eigenvalue weighted by atomic mass is 16.6. The highest BCUT2D eigenvalue weighted by molar-refractivity contribution is 5.91. The van der Waals surface area contributed by atoms with E-state index in [-0.39, 0.29) is 32.5 Å². The summed E-state index contributed by atoms with van der Waals surface area (Å²) in [5, 5.41) is 21.9. The summed E-state index contributed by atoms with van der Waals surface area (Å²) >= 11 is 0. The first-order valence-corrected chi connectivity index (χ1v) is 13.0. The first kappa shape index (κ1) is 35.4. The zero-order valence-corrected chi connectivity index (χ0v) is 23.8. The normalized spacial score (nSPS) is 12.8. The summed E-state index contributed by atoms with van der Waals surface area (Å²) in [6.45, 7) is 10.6. The van der Waals surface area contributed by atoms with Gasteiger partial charge in [-0.2, -0.15) is 0 Å². The smallest absolute Gasteiger partial charge is 0.407 e. The molecule has 14 nitrogen and oxygen atoms in total. The second-order valence-electron chi connectivity index (χ2n) is 10.9. The lowest BCUT2D eigenvalue weighted by Gasteiger charge is -2.22. The van der Waals surface area contributed by atoms with Gasteiger partial charge >= 0.3 is 18.2 Å². The van der Waals surface area contributed by atoms with E-state index in [0.29, 0.717) is 32.1 Å². The van der Waals surface area contributed by atoms with Crippen molar-refractivity contribution in [1.29, 1.82) is 0 Å². The van der Waals surface area contributed by atoms with Gasteiger partial charge in [-0.15, -0.1) is 0 Å². The van der Waals surface area contributed by atoms with E-state index < -0.39 is 53.3 Å². The molecule has 14 heteroatoms. The number of rotatable bonds is 17. The van der Waals surface area contributed by atoms with Gasteiger partial charge < -0.3 is 41.2 Å². The van der Waals surface area contributed by atoms with E-state index in [2.05, 4.69) is 26.6 Å². The van der Waals surface area contributed by atoms with Gasteiger partial charge in [0.05, 0.1) is 6.54 Å². The van der Waals surface area contributed by atoms with Crippen LogP contribution in [0.1, 0.15) is 80.1 Å². The third-order valence-corrected chi connectivity index (χ3v) is 4.79. The molecule has 0 fully saturated rings. The molecular weight excluding hydrogens is 514 g/mol. The minimum absolute atomic E-state index is 0.101. The maximum atomic E-state index is 12.9. The number of nitrogens with one attached hydrogen (secondary N) is 5. The summed E-state index contributed by atoms with van der Waals surface area (Å²) < 4.78 is 10.3. The molecule has 0 aromatic heterocycles. The first-order valence-electron chi connectivity index (χ1n) is 13.0. The van der Waals surface area contributed by atoms with Crippen LogP contribution in [-0.2, 0) is 28.7 Å². The van der Waals surface area contributed by atoms with Crippen molar-refractivity contribution in [3.8, 4) is 0 Å². The van der Waals surface area contributed by atoms with Crippen molar-refractivity contribution in [2.45, 2.75) is 103 Å². The number of alkyl carbamates (subject to hydrolysis) is 2. The number of hydrogen-bond donors (Lipinski definition) is 6. The van der Waals surface area contributed by atoms with Gasteiger partial charge in [0, 0.05) is 13.1 Å². The van der Waals surface area contributed by atoms with Crippen LogP contribution in [0.3, 0.4) is 0 Å². The second kappa shape index (κ2) is 17.8. The summed E-state index contributed by atoms with van der Waals surface area (Å²) in [5.41, 5.74) is -1.27. The first-order chi connectivity index (χ1) is 18.0. The van der Waals surface area contributed by atoms with Crippen LogP contribution in [0.25, 0.3) is 0 Å². The zero-order chi connectivity index (χ0) is 30.1. The summed E-state index contributed by atoms with van der Waals surface area (Å²) in [6.07, 6.45) is 1.21. The Balaban J connectivity index is 4.83. The fourth-order valence-electron chi connectivity index (χ4n) is 3.13. The summed E-state index contributed by atoms with van der Waals surface area (Å²) in [7, 11) is 0. The molecule has 0 saturated heterocycles. The van der Waals surface area contributed by atoms with E-state index in [0.717, 1.165) is 0 Å². The number of carbonyl (C=O) groups is 6. The molecule has 39 heavy (non-hydrogen) atoms. The number of hydrogen-bond acceptors (Lipinski definition) is 8. The molecule has 0 bridgehead atoms. The molecule has 0 saturated carbocycles. The van der Waals surface area contributed by atoms with E-state index in [4.69, 9.17) is 9.47 Å². The minimum Gasteiger partial charge on any atom is -0.480 e. The number of amides is 5. The van der Waals surface area contributed by atoms with Crippen LogP contribution < -0.4 is 26.6 Å². The Labute approximate surface area is 229 Å². The SMILES string of the molecule is CC(C)(C)OC(=O)NCCCCC(NC(=O)C(CCCCNC(=O)OC(C)(C)C)NC(=O)CNC=O)C(=O)O. The highest BCUT2D eigenvalue weighted by Gasteiger charge is 2.26. The third kappa shape index (κ3) is 20.1. The number of carboxylic acids is 1. The average Bonchev–Trinajstić information content (AvgIpc) is 2.78. The lowest BCUT2D eigenvalue weighted by atomic mass is 10.1. The Morgan fingerprint density at radius 1 is 0.744 bits per heavy atom. The highest BCUT2D eigenvalue weighted by Crippen LogP contribution is 2.09. The molecule has 2 atom stereocenters. The Morgan fingerprint density at radius 2 is 1.21 bits per heavy atom. The molecule has 0 heterocycles. The number of unbranched alkanes of at least 4 members (excludes halogenated alkanes) is 2. The van der Waals surface area contributed by atoms with Crippen LogP contribution in [-0.4, -0.2) is 84.4 Å². The Kier molecular flexibility index (Phi) is 16.2. The minimum atomic E-state index is -1.24. The van der Waals surface area contributed by atoms with Crippen molar-refractivity contribution < 1.29 is 43.3 Å². The van der Waals surface area contributed by atoms with Crippen LogP contribution in [0.15, 0.2) is 0 Å². The average molecular weight is 560 g/mol. The zero-order valence-electron chi connectivity index (χ0n) is 23.8. The predicted octanol–water partition coefficient (Wildman–Crippen LogP) is 1.18. The van der Waals surface area contributed by atoms with Gasteiger partial charge in [-0.25, -0.2) is 14.4 Å². The van der Waals surface area contributed by atoms with Gasteiger partial charge in [0.2, 0.25) is 18.2 Å². The summed E-state index contributed by atoms with van der Waals surface area (Å²) in [5.74, 6) is -2.54. The molecule has 0 aromatic rings. The van der Waals surface area contributed by atoms with E-state index in [9.17, 15) is 33.9 Å². The molecule has 0 spiro atoms. The lowest BCUT2D eigenvalue weighted by molar-refractivity contribution is -0.142. The molecule has 0 radical (unpaired) electrons. The molecule has 5 amide bonds. The molecule has 0 aromatic carbocycles. The molecule has 0 rings (SSSR count). The molecule has 0 aliphatic carbocycles. The van der Waals surface area contributed by atoms with Gasteiger partial charge in [-0.1, -0.05) is 0 Å². The standard InChI is InChI=1S/C25H45N5O9/c1-24(2,3)38-22(36)27-13-9-7-11-17(29-19(32)15-26-16-31)20(33)30-18(21(34)35)12-8-10-14-28-23(37)39-25(4,5)6/h16-18H,7-15H2,1-6H3,(H,26,31)(H,27,36)(H,28,37)(H,29,32)(H,30,33)(H,34,35). The van der Waals surface area contributed by atoms with E-state index in [1.165, 1.54) is 0 Å². The van der Waals surface area contributed by atoms with Gasteiger partial charge in [0.25, 0.3) is 0 Å². The molecule has 0 aliphatic rings. The van der Waals surface area contributed by atoms with Crippen LogP contribution in [0.5, 0.6) is 0 Å². The summed E-state index contributed by atoms with van der Waals surface area (Å²) in [6, 6.07) is -2.26. The van der Waals surface area contributed by atoms with Crippen LogP contribution in [0, 0.1) is 0 Å². The van der Waals surface area contributed by atoms with Crippen LogP contribution >= 0.6 is 0 Å². The fourth-order valence-corrected chi connectivity index (χ4v) is 3.13. The quantitative estimate of drug-likeness (QED) is 0.112. The topological polar surface area (TPSA) is 201 Å². The summed E-state index contributed by atoms with van der Waals surface area (Å²) in [4.78, 5) is 70.6. The van der Waals surface area contributed by atoms with Crippen LogP contribution in [0.2, 0.25) is 0 Å². The van der Waals surface area contributed by atoms with Crippen molar-refractivity contribution >= 4 is 36.4 Å². The third-order valence-electron chi connectivity index (χ3n) is 4.79. The number of carboxylic acid groups (broad SMARTS) is 1. The van der Waals surface area contributed by atoms with Crippen molar-refractivity contribution in [3.05, 3.63) is 0 Å². The molecular formula is C25H45N5O9. The molecule has 6 N–H and O–H groups in total.